The second kappa shape index (κ2) is 11.5. The van der Waals surface area contributed by atoms with Crippen molar-refractivity contribution in [3.8, 4) is 5.82 Å². The fourth-order valence-electron chi connectivity index (χ4n) is 5.06. The van der Waals surface area contributed by atoms with E-state index in [1.807, 2.05) is 13.1 Å². The lowest BCUT2D eigenvalue weighted by molar-refractivity contribution is -0.138. The normalized spacial score (nSPS) is 16.5. The lowest BCUT2D eigenvalue weighted by atomic mass is 9.89. The zero-order valence-electron chi connectivity index (χ0n) is 23.9. The molecule has 1 atom stereocenters. The average Bonchev–Trinajstić information content (AvgIpc) is 3.28. The monoisotopic (exact) mass is 594 g/mol. The summed E-state index contributed by atoms with van der Waals surface area (Å²) in [5.74, 6) is -0.715. The second-order valence-corrected chi connectivity index (χ2v) is 11.7. The quantitative estimate of drug-likeness (QED) is 0.306. The van der Waals surface area contributed by atoms with Crippen molar-refractivity contribution in [1.82, 2.24) is 24.6 Å². The number of rotatable bonds is 6. The van der Waals surface area contributed by atoms with Crippen molar-refractivity contribution in [2.24, 2.45) is 5.41 Å². The molecule has 0 aromatic carbocycles. The molecular weight excluding hydrogens is 562 g/mol. The number of amides is 1. The van der Waals surface area contributed by atoms with Crippen molar-refractivity contribution in [3.05, 3.63) is 70.9 Å². The van der Waals surface area contributed by atoms with Crippen molar-refractivity contribution in [1.29, 1.82) is 0 Å². The first-order valence-electron chi connectivity index (χ1n) is 13.3. The molecule has 1 amide bonds. The van der Waals surface area contributed by atoms with Gasteiger partial charge in [0.15, 0.2) is 5.82 Å². The van der Waals surface area contributed by atoms with E-state index < -0.39 is 29.4 Å². The van der Waals surface area contributed by atoms with E-state index in [0.717, 1.165) is 30.9 Å². The summed E-state index contributed by atoms with van der Waals surface area (Å²) in [6, 6.07) is 3.02. The topological polar surface area (TPSA) is 75.9 Å². The van der Waals surface area contributed by atoms with Gasteiger partial charge in [-0.1, -0.05) is 26.8 Å². The number of allylic oxidation sites excluding steroid dienone is 1. The molecule has 0 saturated heterocycles. The molecule has 3 aromatic heterocycles. The van der Waals surface area contributed by atoms with E-state index in [1.54, 1.807) is 0 Å². The molecule has 7 nitrogen and oxygen atoms in total. The van der Waals surface area contributed by atoms with Gasteiger partial charge >= 0.3 is 12.4 Å². The highest BCUT2D eigenvalue weighted by Crippen LogP contribution is 2.39. The molecule has 1 unspecified atom stereocenters. The fourth-order valence-corrected chi connectivity index (χ4v) is 5.06. The molecule has 0 aliphatic heterocycles. The van der Waals surface area contributed by atoms with Crippen LogP contribution >= 0.6 is 0 Å². The molecule has 0 spiro atoms. The van der Waals surface area contributed by atoms with E-state index >= 15 is 0 Å². The predicted octanol–water partition coefficient (Wildman–Crippen LogP) is 7.17. The highest BCUT2D eigenvalue weighted by atomic mass is 19.4. The minimum Gasteiger partial charge on any atom is -0.320 e. The van der Waals surface area contributed by atoms with Gasteiger partial charge in [0.1, 0.15) is 0 Å². The Labute approximate surface area is 239 Å². The van der Waals surface area contributed by atoms with Gasteiger partial charge in [-0.2, -0.15) is 31.4 Å². The Balaban J connectivity index is 1.53. The number of carbonyl (C=O) groups is 1. The third-order valence-corrected chi connectivity index (χ3v) is 7.03. The Hall–Kier alpha value is -3.74. The molecule has 3 heterocycles. The molecule has 0 bridgehead atoms. The molecule has 1 aliphatic rings. The number of aromatic nitrogens is 4. The van der Waals surface area contributed by atoms with E-state index in [1.165, 1.54) is 17.8 Å². The van der Waals surface area contributed by atoms with Crippen LogP contribution in [0.5, 0.6) is 0 Å². The average molecular weight is 595 g/mol. The Morgan fingerprint density at radius 2 is 1.76 bits per heavy atom. The third kappa shape index (κ3) is 7.18. The minimum atomic E-state index is -4.71. The van der Waals surface area contributed by atoms with Crippen LogP contribution in [-0.2, 0) is 12.4 Å². The molecule has 0 saturated carbocycles. The molecule has 1 aliphatic carbocycles. The maximum Gasteiger partial charge on any atom is 0.418 e. The van der Waals surface area contributed by atoms with Crippen LogP contribution in [0, 0.1) is 12.3 Å². The fraction of sp³-hybridized carbons (Fsp3) is 0.448. The van der Waals surface area contributed by atoms with Gasteiger partial charge in [-0.15, -0.1) is 0 Å². The highest BCUT2D eigenvalue weighted by molar-refractivity contribution is 6.05. The largest absolute Gasteiger partial charge is 0.418 e. The Bertz CT molecular complexity index is 1470. The van der Waals surface area contributed by atoms with Gasteiger partial charge in [0.25, 0.3) is 5.91 Å². The van der Waals surface area contributed by atoms with Gasteiger partial charge in [-0.05, 0) is 62.4 Å². The summed E-state index contributed by atoms with van der Waals surface area (Å²) < 4.78 is 82.1. The van der Waals surface area contributed by atoms with E-state index in [4.69, 9.17) is 0 Å². The van der Waals surface area contributed by atoms with Crippen LogP contribution in [0.3, 0.4) is 0 Å². The molecular formula is C29H32F6N6O. The number of hydrogen-bond donors (Lipinski definition) is 1. The SMILES string of the molecule is Cc1c(C(=O)Nc2cnc(C3=CCC(N(C)CC(C)(C)C)CC3)c(C(F)(F)F)c2)cnn1-c1ccc(C(F)(F)F)cn1. The Kier molecular flexibility index (Phi) is 8.55. The lowest BCUT2D eigenvalue weighted by Gasteiger charge is -2.35. The standard InChI is InChI=1S/C29H32F6N6O/c1-17-22(15-38-41(17)24-11-8-19(13-36-24)28(30,31)32)26(42)39-20-12-23(29(33,34)35)25(37-14-20)18-6-9-21(10-7-18)40(5)16-27(2,3)4/h6,8,11-15,21H,7,9-10,16H2,1-5H3,(H,39,42). The third-order valence-electron chi connectivity index (χ3n) is 7.03. The number of hydrogen-bond acceptors (Lipinski definition) is 5. The molecule has 42 heavy (non-hydrogen) atoms. The maximum absolute atomic E-state index is 14.1. The molecule has 4 rings (SSSR count). The first-order chi connectivity index (χ1) is 19.4. The molecule has 0 fully saturated rings. The van der Waals surface area contributed by atoms with Gasteiger partial charge in [0, 0.05) is 18.8 Å². The number of anilines is 1. The number of alkyl halides is 6. The maximum atomic E-state index is 14.1. The van der Waals surface area contributed by atoms with Crippen molar-refractivity contribution in [2.45, 2.75) is 65.4 Å². The van der Waals surface area contributed by atoms with Gasteiger partial charge in [0.2, 0.25) is 0 Å². The van der Waals surface area contributed by atoms with Crippen LogP contribution in [0.25, 0.3) is 11.4 Å². The Morgan fingerprint density at radius 1 is 1.05 bits per heavy atom. The number of nitrogens with zero attached hydrogens (tertiary/aromatic N) is 5. The molecule has 13 heteroatoms. The smallest absolute Gasteiger partial charge is 0.320 e. The summed E-state index contributed by atoms with van der Waals surface area (Å²) in [5.41, 5.74) is -1.35. The summed E-state index contributed by atoms with van der Waals surface area (Å²) >= 11 is 0. The van der Waals surface area contributed by atoms with Crippen molar-refractivity contribution >= 4 is 17.2 Å². The van der Waals surface area contributed by atoms with Gasteiger partial charge in [-0.3, -0.25) is 9.78 Å². The highest BCUT2D eigenvalue weighted by Gasteiger charge is 2.36. The minimum absolute atomic E-state index is 0.00902. The summed E-state index contributed by atoms with van der Waals surface area (Å²) in [6.07, 6.45) is -2.72. The van der Waals surface area contributed by atoms with E-state index in [9.17, 15) is 31.1 Å². The van der Waals surface area contributed by atoms with Crippen LogP contribution in [-0.4, -0.2) is 50.2 Å². The number of carbonyl (C=O) groups excluding carboxylic acids is 1. The first-order valence-corrected chi connectivity index (χ1v) is 13.3. The summed E-state index contributed by atoms with van der Waals surface area (Å²) in [6.45, 7) is 8.76. The van der Waals surface area contributed by atoms with Crippen molar-refractivity contribution < 1.29 is 31.1 Å². The van der Waals surface area contributed by atoms with Gasteiger partial charge in [0.05, 0.1) is 46.2 Å². The number of nitrogens with one attached hydrogen (secondary N) is 1. The molecule has 1 N–H and O–H groups in total. The number of halogens is 6. The van der Waals surface area contributed by atoms with Crippen LogP contribution < -0.4 is 5.32 Å². The second-order valence-electron chi connectivity index (χ2n) is 11.7. The zero-order chi connectivity index (χ0) is 31.0. The molecule has 226 valence electrons. The summed E-state index contributed by atoms with van der Waals surface area (Å²) in [5, 5.41) is 6.45. The van der Waals surface area contributed by atoms with E-state index in [0.29, 0.717) is 31.0 Å². The van der Waals surface area contributed by atoms with Gasteiger partial charge < -0.3 is 10.2 Å². The van der Waals surface area contributed by atoms with E-state index in [2.05, 4.69) is 46.1 Å². The zero-order valence-corrected chi connectivity index (χ0v) is 23.9. The van der Waals surface area contributed by atoms with Crippen molar-refractivity contribution in [2.75, 3.05) is 18.9 Å². The van der Waals surface area contributed by atoms with Crippen molar-refractivity contribution in [3.63, 3.8) is 0 Å². The van der Waals surface area contributed by atoms with Crippen LogP contribution in [0.15, 0.2) is 42.9 Å². The summed E-state index contributed by atoms with van der Waals surface area (Å²) in [4.78, 5) is 23.1. The number of pyridine rings is 2. The summed E-state index contributed by atoms with van der Waals surface area (Å²) in [7, 11) is 2.02. The predicted molar refractivity (Wildman–Crippen MR) is 146 cm³/mol. The molecule has 3 aromatic rings. The van der Waals surface area contributed by atoms with Crippen LogP contribution in [0.2, 0.25) is 0 Å². The first kappa shape index (κ1) is 31.2. The van der Waals surface area contributed by atoms with E-state index in [-0.39, 0.29) is 39.9 Å². The van der Waals surface area contributed by atoms with Gasteiger partial charge in [-0.25, -0.2) is 9.67 Å². The lowest BCUT2D eigenvalue weighted by Crippen LogP contribution is -2.38. The van der Waals surface area contributed by atoms with Crippen LogP contribution in [0.1, 0.15) is 72.9 Å². The van der Waals surface area contributed by atoms with Crippen LogP contribution in [0.4, 0.5) is 32.0 Å². The Morgan fingerprint density at radius 3 is 2.31 bits per heavy atom. The molecule has 0 radical (unpaired) electrons.